The van der Waals surface area contributed by atoms with Crippen molar-refractivity contribution in [3.8, 4) is 0 Å². The van der Waals surface area contributed by atoms with Crippen LogP contribution < -0.4 is 16.8 Å². The molecule has 0 radical (unpaired) electrons. The number of rotatable bonds is 4. The third-order valence-corrected chi connectivity index (χ3v) is 2.75. The normalized spacial score (nSPS) is 10.2. The number of hydrogen-bond acceptors (Lipinski definition) is 4. The Morgan fingerprint density at radius 3 is 2.74 bits per heavy atom. The summed E-state index contributed by atoms with van der Waals surface area (Å²) in [5.74, 6) is 0.143. The van der Waals surface area contributed by atoms with E-state index in [0.717, 1.165) is 16.9 Å². The minimum Gasteiger partial charge on any atom is -0.398 e. The molecule has 5 nitrogen and oxygen atoms in total. The highest BCUT2D eigenvalue weighted by atomic mass is 16.1. The van der Waals surface area contributed by atoms with E-state index in [9.17, 15) is 4.79 Å². The van der Waals surface area contributed by atoms with Gasteiger partial charge in [0, 0.05) is 23.5 Å². The van der Waals surface area contributed by atoms with Gasteiger partial charge in [-0.2, -0.15) is 0 Å². The summed E-state index contributed by atoms with van der Waals surface area (Å²) in [5.41, 5.74) is 14.0. The van der Waals surface area contributed by atoms with E-state index in [1.165, 1.54) is 0 Å². The molecular formula is C14H16N4O. The van der Waals surface area contributed by atoms with Gasteiger partial charge in [-0.25, -0.2) is 4.98 Å². The van der Waals surface area contributed by atoms with Gasteiger partial charge >= 0.3 is 0 Å². The van der Waals surface area contributed by atoms with Crippen LogP contribution in [0.15, 0.2) is 36.4 Å². The number of nitrogens with one attached hydrogen (secondary N) is 1. The number of primary amides is 1. The molecule has 0 aliphatic carbocycles. The molecule has 0 aliphatic rings. The van der Waals surface area contributed by atoms with E-state index in [-0.39, 0.29) is 0 Å². The minimum absolute atomic E-state index is 0.441. The summed E-state index contributed by atoms with van der Waals surface area (Å²) in [7, 11) is 0. The molecule has 98 valence electrons. The van der Waals surface area contributed by atoms with Gasteiger partial charge in [-0.15, -0.1) is 0 Å². The largest absolute Gasteiger partial charge is 0.398 e. The van der Waals surface area contributed by atoms with Crippen molar-refractivity contribution in [1.29, 1.82) is 0 Å². The second-order valence-corrected chi connectivity index (χ2v) is 4.30. The molecule has 0 aliphatic heterocycles. The van der Waals surface area contributed by atoms with Crippen LogP contribution in [0.25, 0.3) is 0 Å². The monoisotopic (exact) mass is 256 g/mol. The van der Waals surface area contributed by atoms with Crippen molar-refractivity contribution in [3.05, 3.63) is 53.2 Å². The summed E-state index contributed by atoms with van der Waals surface area (Å²) in [4.78, 5) is 15.5. The fraction of sp³-hybridized carbons (Fsp3) is 0.143. The van der Waals surface area contributed by atoms with Crippen molar-refractivity contribution in [2.24, 2.45) is 5.73 Å². The van der Waals surface area contributed by atoms with Crippen molar-refractivity contribution in [2.75, 3.05) is 11.1 Å². The van der Waals surface area contributed by atoms with Gasteiger partial charge in [-0.05, 0) is 30.7 Å². The molecule has 0 unspecified atom stereocenters. The zero-order valence-electron chi connectivity index (χ0n) is 10.7. The van der Waals surface area contributed by atoms with Gasteiger partial charge < -0.3 is 16.8 Å². The number of nitrogens with two attached hydrogens (primary N) is 2. The van der Waals surface area contributed by atoms with Crippen LogP contribution in [0.5, 0.6) is 0 Å². The summed E-state index contributed by atoms with van der Waals surface area (Å²) >= 11 is 0. The number of carbonyl (C=O) groups excluding carboxylic acids is 1. The van der Waals surface area contributed by atoms with Gasteiger partial charge in [0.25, 0.3) is 0 Å². The highest BCUT2D eigenvalue weighted by Crippen LogP contribution is 2.14. The maximum absolute atomic E-state index is 11.2. The molecule has 0 fully saturated rings. The van der Waals surface area contributed by atoms with Crippen LogP contribution in [0.1, 0.15) is 21.6 Å². The molecule has 1 amide bonds. The Balaban J connectivity index is 2.16. The summed E-state index contributed by atoms with van der Waals surface area (Å²) in [5, 5.41) is 3.14. The highest BCUT2D eigenvalue weighted by molar-refractivity contribution is 5.93. The number of para-hydroxylation sites is 1. The van der Waals surface area contributed by atoms with Crippen LogP contribution in [0.2, 0.25) is 0 Å². The second-order valence-electron chi connectivity index (χ2n) is 4.30. The molecule has 2 aromatic rings. The van der Waals surface area contributed by atoms with Crippen LogP contribution >= 0.6 is 0 Å². The number of nitrogens with zero attached hydrogens (tertiary/aromatic N) is 1. The van der Waals surface area contributed by atoms with Gasteiger partial charge in [-0.1, -0.05) is 18.2 Å². The number of hydrogen-bond donors (Lipinski definition) is 3. The third-order valence-electron chi connectivity index (χ3n) is 2.75. The van der Waals surface area contributed by atoms with E-state index >= 15 is 0 Å². The maximum Gasteiger partial charge on any atom is 0.248 e. The molecule has 2 rings (SSSR count). The van der Waals surface area contributed by atoms with Gasteiger partial charge in [0.05, 0.1) is 0 Å². The Bertz CT molecular complexity index is 610. The molecular weight excluding hydrogens is 240 g/mol. The Hall–Kier alpha value is -2.56. The average Bonchev–Trinajstić information content (AvgIpc) is 2.37. The number of benzene rings is 1. The first kappa shape index (κ1) is 12.9. The Kier molecular flexibility index (Phi) is 3.66. The van der Waals surface area contributed by atoms with E-state index in [4.69, 9.17) is 11.5 Å². The van der Waals surface area contributed by atoms with Crippen LogP contribution in [0.3, 0.4) is 0 Å². The Labute approximate surface area is 111 Å². The fourth-order valence-corrected chi connectivity index (χ4v) is 1.78. The predicted molar refractivity (Wildman–Crippen MR) is 75.7 cm³/mol. The smallest absolute Gasteiger partial charge is 0.248 e. The van der Waals surface area contributed by atoms with Gasteiger partial charge in [0.2, 0.25) is 5.91 Å². The standard InChI is InChI=1S/C14H16N4O/c1-9-6-11(14(16)19)7-13(18-9)17-8-10-4-2-3-5-12(10)15/h2-7H,8,15H2,1H3,(H2,16,19)(H,17,18). The first-order valence-electron chi connectivity index (χ1n) is 5.92. The average molecular weight is 256 g/mol. The minimum atomic E-state index is -0.465. The van der Waals surface area contributed by atoms with Crippen molar-refractivity contribution >= 4 is 17.4 Å². The molecule has 0 spiro atoms. The lowest BCUT2D eigenvalue weighted by Gasteiger charge is -2.09. The first-order chi connectivity index (χ1) is 9.06. The molecule has 0 bridgehead atoms. The maximum atomic E-state index is 11.2. The molecule has 0 saturated heterocycles. The van der Waals surface area contributed by atoms with E-state index in [1.54, 1.807) is 12.1 Å². The van der Waals surface area contributed by atoms with E-state index in [2.05, 4.69) is 10.3 Å². The summed E-state index contributed by atoms with van der Waals surface area (Å²) in [6.07, 6.45) is 0. The quantitative estimate of drug-likeness (QED) is 0.725. The fourth-order valence-electron chi connectivity index (χ4n) is 1.78. The topological polar surface area (TPSA) is 94.0 Å². The molecule has 5 N–H and O–H groups in total. The molecule has 19 heavy (non-hydrogen) atoms. The summed E-state index contributed by atoms with van der Waals surface area (Å²) in [6.45, 7) is 2.36. The number of pyridine rings is 1. The van der Waals surface area contributed by atoms with Crippen molar-refractivity contribution < 1.29 is 4.79 Å². The van der Waals surface area contributed by atoms with Crippen LogP contribution in [0.4, 0.5) is 11.5 Å². The van der Waals surface area contributed by atoms with Crippen molar-refractivity contribution in [1.82, 2.24) is 4.98 Å². The van der Waals surface area contributed by atoms with Crippen molar-refractivity contribution in [2.45, 2.75) is 13.5 Å². The Morgan fingerprint density at radius 1 is 1.32 bits per heavy atom. The lowest BCUT2D eigenvalue weighted by Crippen LogP contribution is -2.13. The highest BCUT2D eigenvalue weighted by Gasteiger charge is 2.05. The Morgan fingerprint density at radius 2 is 2.05 bits per heavy atom. The van der Waals surface area contributed by atoms with E-state index < -0.39 is 5.91 Å². The molecule has 0 atom stereocenters. The number of aromatic nitrogens is 1. The van der Waals surface area contributed by atoms with Gasteiger partial charge in [-0.3, -0.25) is 4.79 Å². The van der Waals surface area contributed by atoms with Gasteiger partial charge in [0.15, 0.2) is 0 Å². The number of carbonyl (C=O) groups is 1. The predicted octanol–water partition coefficient (Wildman–Crippen LogP) is 1.68. The molecule has 1 heterocycles. The molecule has 1 aromatic carbocycles. The van der Waals surface area contributed by atoms with E-state index in [1.807, 2.05) is 31.2 Å². The zero-order chi connectivity index (χ0) is 13.8. The van der Waals surface area contributed by atoms with Crippen LogP contribution in [0, 0.1) is 6.92 Å². The molecule has 0 saturated carbocycles. The summed E-state index contributed by atoms with van der Waals surface area (Å²) in [6, 6.07) is 10.9. The first-order valence-corrected chi connectivity index (χ1v) is 5.92. The lowest BCUT2D eigenvalue weighted by atomic mass is 10.2. The number of nitrogen functional groups attached to an aromatic ring is 1. The van der Waals surface area contributed by atoms with Crippen LogP contribution in [-0.4, -0.2) is 10.9 Å². The number of aryl methyl sites for hydroxylation is 1. The van der Waals surface area contributed by atoms with Crippen molar-refractivity contribution in [3.63, 3.8) is 0 Å². The second kappa shape index (κ2) is 5.39. The van der Waals surface area contributed by atoms with Gasteiger partial charge in [0.1, 0.15) is 5.82 Å². The summed E-state index contributed by atoms with van der Waals surface area (Å²) < 4.78 is 0. The third kappa shape index (κ3) is 3.22. The number of amides is 1. The van der Waals surface area contributed by atoms with Crippen LogP contribution in [-0.2, 0) is 6.54 Å². The molecule has 5 heteroatoms. The molecule has 1 aromatic heterocycles. The zero-order valence-corrected chi connectivity index (χ0v) is 10.7. The SMILES string of the molecule is Cc1cc(C(N)=O)cc(NCc2ccccc2N)n1. The van der Waals surface area contributed by atoms with E-state index in [0.29, 0.717) is 17.9 Å². The lowest BCUT2D eigenvalue weighted by molar-refractivity contribution is 0.1000. The number of anilines is 2.